The zero-order valence-corrected chi connectivity index (χ0v) is 10.1. The Hall–Kier alpha value is -2.03. The summed E-state index contributed by atoms with van der Waals surface area (Å²) in [6, 6.07) is 6.05. The van der Waals surface area contributed by atoms with Crippen LogP contribution in [0, 0.1) is 13.8 Å². The second kappa shape index (κ2) is 4.45. The van der Waals surface area contributed by atoms with Gasteiger partial charge in [-0.25, -0.2) is 0 Å². The molecular formula is C14H16N2O. The first-order valence-corrected chi connectivity index (χ1v) is 5.61. The molecule has 0 saturated heterocycles. The summed E-state index contributed by atoms with van der Waals surface area (Å²) in [7, 11) is 0. The van der Waals surface area contributed by atoms with Crippen LogP contribution in [0.2, 0.25) is 0 Å². The number of benzene rings is 1. The van der Waals surface area contributed by atoms with Crippen LogP contribution in [0.1, 0.15) is 21.6 Å². The highest BCUT2D eigenvalue weighted by molar-refractivity contribution is 6.08. The van der Waals surface area contributed by atoms with Gasteiger partial charge in [0.2, 0.25) is 0 Å². The molecule has 1 amide bonds. The van der Waals surface area contributed by atoms with Gasteiger partial charge in [0, 0.05) is 23.1 Å². The first-order chi connectivity index (χ1) is 8.13. The fourth-order valence-electron chi connectivity index (χ4n) is 1.99. The lowest BCUT2D eigenvalue weighted by atomic mass is 10.1. The molecular weight excluding hydrogens is 212 g/mol. The molecule has 2 aromatic rings. The molecule has 88 valence electrons. The Labute approximate surface area is 101 Å². The molecule has 2 N–H and O–H groups in total. The highest BCUT2D eigenvalue weighted by atomic mass is 16.1. The van der Waals surface area contributed by atoms with Gasteiger partial charge in [-0.3, -0.25) is 4.79 Å². The van der Waals surface area contributed by atoms with Crippen molar-refractivity contribution in [3.63, 3.8) is 0 Å². The van der Waals surface area contributed by atoms with Crippen LogP contribution in [0.4, 0.5) is 0 Å². The Morgan fingerprint density at radius 2 is 2.24 bits per heavy atom. The molecule has 0 fully saturated rings. The minimum atomic E-state index is -0.0579. The Balaban J connectivity index is 2.49. The number of carbonyl (C=O) groups is 1. The van der Waals surface area contributed by atoms with E-state index in [-0.39, 0.29) is 5.91 Å². The Kier molecular flexibility index (Phi) is 3.00. The minimum absolute atomic E-state index is 0.0579. The molecule has 0 bridgehead atoms. The number of amides is 1. The molecule has 17 heavy (non-hydrogen) atoms. The van der Waals surface area contributed by atoms with Crippen LogP contribution in [0.25, 0.3) is 10.9 Å². The van der Waals surface area contributed by atoms with Gasteiger partial charge in [-0.15, -0.1) is 6.58 Å². The first kappa shape index (κ1) is 11.5. The molecule has 0 aliphatic heterocycles. The predicted molar refractivity (Wildman–Crippen MR) is 70.3 cm³/mol. The molecule has 2 rings (SSSR count). The van der Waals surface area contributed by atoms with Crippen molar-refractivity contribution in [2.45, 2.75) is 13.8 Å². The number of aromatic nitrogens is 1. The molecule has 1 heterocycles. The van der Waals surface area contributed by atoms with E-state index in [2.05, 4.69) is 16.9 Å². The quantitative estimate of drug-likeness (QED) is 0.779. The highest BCUT2D eigenvalue weighted by Crippen LogP contribution is 2.22. The molecule has 3 heteroatoms. The number of carbonyl (C=O) groups excluding carboxylic acids is 1. The van der Waals surface area contributed by atoms with E-state index in [1.807, 2.05) is 32.0 Å². The van der Waals surface area contributed by atoms with E-state index in [0.717, 1.165) is 22.2 Å². The lowest BCUT2D eigenvalue weighted by Crippen LogP contribution is -2.23. The smallest absolute Gasteiger partial charge is 0.253 e. The maximum absolute atomic E-state index is 12.0. The second-order valence-corrected chi connectivity index (χ2v) is 4.17. The van der Waals surface area contributed by atoms with Gasteiger partial charge in [0.1, 0.15) is 0 Å². The molecule has 0 atom stereocenters. The molecule has 0 unspecified atom stereocenters. The number of hydrogen-bond donors (Lipinski definition) is 2. The average molecular weight is 228 g/mol. The molecule has 1 aromatic heterocycles. The Morgan fingerprint density at radius 3 is 2.94 bits per heavy atom. The number of rotatable bonds is 3. The maximum atomic E-state index is 12.0. The predicted octanol–water partition coefficient (Wildman–Crippen LogP) is 2.70. The second-order valence-electron chi connectivity index (χ2n) is 4.17. The lowest BCUT2D eigenvalue weighted by Gasteiger charge is -2.02. The number of aryl methyl sites for hydroxylation is 2. The monoisotopic (exact) mass is 228 g/mol. The summed E-state index contributed by atoms with van der Waals surface area (Å²) in [5, 5.41) is 3.77. The SMILES string of the molecule is C=CCNC(=O)c1c(C)[nH]c2cc(C)ccc12. The van der Waals surface area contributed by atoms with Crippen molar-refractivity contribution in [1.82, 2.24) is 10.3 Å². The molecule has 0 radical (unpaired) electrons. The lowest BCUT2D eigenvalue weighted by molar-refractivity contribution is 0.0959. The van der Waals surface area contributed by atoms with Crippen molar-refractivity contribution in [3.8, 4) is 0 Å². The van der Waals surface area contributed by atoms with E-state index in [1.165, 1.54) is 5.56 Å². The van der Waals surface area contributed by atoms with Crippen molar-refractivity contribution in [3.05, 3.63) is 47.7 Å². The highest BCUT2D eigenvalue weighted by Gasteiger charge is 2.14. The van der Waals surface area contributed by atoms with E-state index >= 15 is 0 Å². The van der Waals surface area contributed by atoms with E-state index in [9.17, 15) is 4.79 Å². The molecule has 0 aliphatic carbocycles. The van der Waals surface area contributed by atoms with Crippen molar-refractivity contribution >= 4 is 16.8 Å². The van der Waals surface area contributed by atoms with Crippen LogP contribution >= 0.6 is 0 Å². The van der Waals surface area contributed by atoms with E-state index in [1.54, 1.807) is 6.08 Å². The topological polar surface area (TPSA) is 44.9 Å². The van der Waals surface area contributed by atoms with Crippen LogP contribution in [-0.2, 0) is 0 Å². The van der Waals surface area contributed by atoms with Crippen molar-refractivity contribution < 1.29 is 4.79 Å². The zero-order chi connectivity index (χ0) is 12.4. The number of H-pyrrole nitrogens is 1. The Bertz CT molecular complexity index is 581. The number of fused-ring (bicyclic) bond motifs is 1. The van der Waals surface area contributed by atoms with E-state index in [4.69, 9.17) is 0 Å². The average Bonchev–Trinajstić information content (AvgIpc) is 2.61. The van der Waals surface area contributed by atoms with Gasteiger partial charge in [0.25, 0.3) is 5.91 Å². The summed E-state index contributed by atoms with van der Waals surface area (Å²) in [5.41, 5.74) is 3.80. The third-order valence-corrected chi connectivity index (χ3v) is 2.78. The van der Waals surface area contributed by atoms with Gasteiger partial charge < -0.3 is 10.3 Å². The number of nitrogens with one attached hydrogen (secondary N) is 2. The van der Waals surface area contributed by atoms with Gasteiger partial charge in [-0.1, -0.05) is 18.2 Å². The third kappa shape index (κ3) is 2.09. The fraction of sp³-hybridized carbons (Fsp3) is 0.214. The van der Waals surface area contributed by atoms with Crippen LogP contribution in [-0.4, -0.2) is 17.4 Å². The molecule has 0 saturated carbocycles. The number of hydrogen-bond acceptors (Lipinski definition) is 1. The first-order valence-electron chi connectivity index (χ1n) is 5.61. The summed E-state index contributed by atoms with van der Waals surface area (Å²) >= 11 is 0. The van der Waals surface area contributed by atoms with Gasteiger partial charge >= 0.3 is 0 Å². The fourth-order valence-corrected chi connectivity index (χ4v) is 1.99. The van der Waals surface area contributed by atoms with Crippen molar-refractivity contribution in [2.24, 2.45) is 0 Å². The summed E-state index contributed by atoms with van der Waals surface area (Å²) < 4.78 is 0. The van der Waals surface area contributed by atoms with Crippen molar-refractivity contribution in [1.29, 1.82) is 0 Å². The molecule has 0 spiro atoms. The summed E-state index contributed by atoms with van der Waals surface area (Å²) in [6.45, 7) is 8.02. The third-order valence-electron chi connectivity index (χ3n) is 2.78. The van der Waals surface area contributed by atoms with Gasteiger partial charge in [0.15, 0.2) is 0 Å². The largest absolute Gasteiger partial charge is 0.358 e. The minimum Gasteiger partial charge on any atom is -0.358 e. The van der Waals surface area contributed by atoms with Crippen LogP contribution < -0.4 is 5.32 Å². The normalized spacial score (nSPS) is 10.5. The van der Waals surface area contributed by atoms with Crippen LogP contribution in [0.15, 0.2) is 30.9 Å². The van der Waals surface area contributed by atoms with Gasteiger partial charge in [0.05, 0.1) is 5.56 Å². The molecule has 3 nitrogen and oxygen atoms in total. The summed E-state index contributed by atoms with van der Waals surface area (Å²) in [4.78, 5) is 15.2. The van der Waals surface area contributed by atoms with Crippen molar-refractivity contribution in [2.75, 3.05) is 6.54 Å². The van der Waals surface area contributed by atoms with E-state index in [0.29, 0.717) is 6.54 Å². The van der Waals surface area contributed by atoms with Gasteiger partial charge in [-0.05, 0) is 25.5 Å². The maximum Gasteiger partial charge on any atom is 0.253 e. The Morgan fingerprint density at radius 1 is 1.47 bits per heavy atom. The van der Waals surface area contributed by atoms with Crippen LogP contribution in [0.3, 0.4) is 0 Å². The summed E-state index contributed by atoms with van der Waals surface area (Å²) in [6.07, 6.45) is 1.67. The summed E-state index contributed by atoms with van der Waals surface area (Å²) in [5.74, 6) is -0.0579. The molecule has 0 aliphatic rings. The standard InChI is InChI=1S/C14H16N2O/c1-4-7-15-14(17)13-10(3)16-12-8-9(2)5-6-11(12)13/h4-6,8,16H,1,7H2,2-3H3,(H,15,17). The number of aromatic amines is 1. The van der Waals surface area contributed by atoms with Gasteiger partial charge in [-0.2, -0.15) is 0 Å². The molecule has 1 aromatic carbocycles. The van der Waals surface area contributed by atoms with E-state index < -0.39 is 0 Å². The zero-order valence-electron chi connectivity index (χ0n) is 10.1. The van der Waals surface area contributed by atoms with Crippen LogP contribution in [0.5, 0.6) is 0 Å².